The van der Waals surface area contributed by atoms with Crippen LogP contribution in [0.1, 0.15) is 93.2 Å². The predicted molar refractivity (Wildman–Crippen MR) is 171 cm³/mol. The Morgan fingerprint density at radius 1 is 0.353 bits per heavy atom. The topological polar surface area (TPSA) is 311 Å². The molecule has 0 fully saturated rings. The lowest BCUT2D eigenvalue weighted by atomic mass is 10.0. The Labute approximate surface area is 283 Å². The Bertz CT molecular complexity index is 1970. The second-order valence-corrected chi connectivity index (χ2v) is 10.2. The van der Waals surface area contributed by atoms with Gasteiger partial charge in [-0.3, -0.25) is 14.4 Å². The van der Waals surface area contributed by atoms with Crippen LogP contribution in [0.15, 0.2) is 72.8 Å². The number of nitrogens with one attached hydrogen (secondary N) is 3. The zero-order valence-electron chi connectivity index (χ0n) is 25.3. The molecule has 18 nitrogen and oxygen atoms in total. The molecule has 0 bridgehead atoms. The van der Waals surface area contributed by atoms with E-state index >= 15 is 0 Å². The molecule has 258 valence electrons. The highest BCUT2D eigenvalue weighted by molar-refractivity contribution is 6.17. The van der Waals surface area contributed by atoms with Crippen molar-refractivity contribution < 1.29 is 73.8 Å². The van der Waals surface area contributed by atoms with Gasteiger partial charge in [0.1, 0.15) is 0 Å². The fourth-order valence-corrected chi connectivity index (χ4v) is 4.80. The van der Waals surface area contributed by atoms with E-state index in [4.69, 9.17) is 0 Å². The highest BCUT2D eigenvalue weighted by Gasteiger charge is 2.26. The van der Waals surface area contributed by atoms with Gasteiger partial charge in [-0.05, 0) is 54.6 Å². The third kappa shape index (κ3) is 7.65. The molecule has 0 heterocycles. The summed E-state index contributed by atoms with van der Waals surface area (Å²) in [6.07, 6.45) is 0. The Hall–Kier alpha value is -7.89. The number of carboxylic acid groups (broad SMARTS) is 6. The van der Waals surface area contributed by atoms with Crippen molar-refractivity contribution in [3.05, 3.63) is 123 Å². The van der Waals surface area contributed by atoms with Gasteiger partial charge in [0.15, 0.2) is 0 Å². The fraction of sp³-hybridized carbons (Fsp3) is 0. The molecule has 4 aromatic rings. The largest absolute Gasteiger partial charge is 0.478 e. The van der Waals surface area contributed by atoms with Crippen molar-refractivity contribution in [2.45, 2.75) is 0 Å². The summed E-state index contributed by atoms with van der Waals surface area (Å²) in [5, 5.41) is 63.8. The van der Waals surface area contributed by atoms with Crippen LogP contribution in [0.25, 0.3) is 0 Å². The van der Waals surface area contributed by atoms with Crippen molar-refractivity contribution in [1.29, 1.82) is 0 Å². The van der Waals surface area contributed by atoms with Gasteiger partial charge in [-0.25, -0.2) is 28.8 Å². The zero-order chi connectivity index (χ0) is 37.7. The molecule has 0 aliphatic heterocycles. The van der Waals surface area contributed by atoms with Gasteiger partial charge in [-0.1, -0.05) is 18.2 Å². The van der Waals surface area contributed by atoms with Crippen LogP contribution in [0.3, 0.4) is 0 Å². The van der Waals surface area contributed by atoms with Gasteiger partial charge in [0, 0.05) is 16.7 Å². The zero-order valence-corrected chi connectivity index (χ0v) is 25.3. The minimum Gasteiger partial charge on any atom is -0.478 e. The Morgan fingerprint density at radius 3 is 0.784 bits per heavy atom. The first kappa shape index (κ1) is 36.0. The second-order valence-electron chi connectivity index (χ2n) is 10.2. The normalized spacial score (nSPS) is 10.4. The number of hydrogen-bond donors (Lipinski definition) is 9. The average molecular weight is 700 g/mol. The maximum Gasteiger partial charge on any atom is 0.338 e. The predicted octanol–water partition coefficient (Wildman–Crippen LogP) is 3.63. The van der Waals surface area contributed by atoms with Crippen LogP contribution >= 0.6 is 0 Å². The number of carbonyl (C=O) groups is 9. The molecule has 18 heteroatoms. The molecule has 0 unspecified atom stereocenters. The first-order valence-corrected chi connectivity index (χ1v) is 13.9. The van der Waals surface area contributed by atoms with Crippen molar-refractivity contribution >= 4 is 70.6 Å². The molecule has 0 aliphatic carbocycles. The van der Waals surface area contributed by atoms with Crippen molar-refractivity contribution in [3.8, 4) is 0 Å². The summed E-state index contributed by atoms with van der Waals surface area (Å²) in [4.78, 5) is 111. The maximum absolute atomic E-state index is 13.5. The van der Waals surface area contributed by atoms with Crippen molar-refractivity contribution in [1.82, 2.24) is 0 Å². The van der Waals surface area contributed by atoms with E-state index in [1.54, 1.807) is 0 Å². The van der Waals surface area contributed by atoms with Crippen LogP contribution in [-0.2, 0) is 0 Å². The first-order chi connectivity index (χ1) is 24.0. The van der Waals surface area contributed by atoms with Gasteiger partial charge in [-0.15, -0.1) is 0 Å². The molecule has 9 N–H and O–H groups in total. The van der Waals surface area contributed by atoms with E-state index in [0.717, 1.165) is 72.8 Å². The highest BCUT2D eigenvalue weighted by Crippen LogP contribution is 2.26. The minimum atomic E-state index is -1.73. The minimum absolute atomic E-state index is 0.499. The number of carboxylic acids is 6. The molecule has 3 amide bonds. The van der Waals surface area contributed by atoms with Crippen molar-refractivity contribution in [2.75, 3.05) is 16.0 Å². The molecule has 4 aromatic carbocycles. The second kappa shape index (κ2) is 14.5. The average Bonchev–Trinajstić information content (AvgIpc) is 3.07. The molecule has 0 aromatic heterocycles. The lowest BCUT2D eigenvalue weighted by Gasteiger charge is -2.15. The van der Waals surface area contributed by atoms with Gasteiger partial charge < -0.3 is 46.6 Å². The van der Waals surface area contributed by atoms with Crippen LogP contribution in [0, 0.1) is 0 Å². The number of amides is 3. The number of aromatic carboxylic acids is 6. The summed E-state index contributed by atoms with van der Waals surface area (Å²) in [6.45, 7) is 0. The summed E-state index contributed by atoms with van der Waals surface area (Å²) in [5.74, 6) is -13.7. The van der Waals surface area contributed by atoms with E-state index in [9.17, 15) is 73.8 Å². The number of benzene rings is 4. The van der Waals surface area contributed by atoms with E-state index in [0.29, 0.717) is 0 Å². The third-order valence-corrected chi connectivity index (χ3v) is 6.99. The number of carbonyl (C=O) groups excluding carboxylic acids is 3. The molecule has 0 saturated carbocycles. The molecule has 4 rings (SSSR count). The van der Waals surface area contributed by atoms with E-state index in [2.05, 4.69) is 16.0 Å². The molecular weight excluding hydrogens is 678 g/mol. The number of rotatable bonds is 12. The molecule has 51 heavy (non-hydrogen) atoms. The molecule has 0 atom stereocenters. The van der Waals surface area contributed by atoms with E-state index < -0.39 is 121 Å². The Morgan fingerprint density at radius 2 is 0.588 bits per heavy atom. The van der Waals surface area contributed by atoms with E-state index in [1.165, 1.54) is 0 Å². The van der Waals surface area contributed by atoms with Crippen LogP contribution in [-0.4, -0.2) is 84.2 Å². The number of hydrogen-bond acceptors (Lipinski definition) is 9. The molecule has 0 spiro atoms. The smallest absolute Gasteiger partial charge is 0.338 e. The summed E-state index contributed by atoms with van der Waals surface area (Å²) in [6, 6.07) is 12.1. The molecule has 0 aliphatic rings. The lowest BCUT2D eigenvalue weighted by molar-refractivity contribution is 0.0652. The van der Waals surface area contributed by atoms with E-state index in [1.807, 2.05) is 0 Å². The first-order valence-electron chi connectivity index (χ1n) is 13.9. The van der Waals surface area contributed by atoms with Crippen LogP contribution in [0.5, 0.6) is 0 Å². The van der Waals surface area contributed by atoms with Gasteiger partial charge in [0.05, 0.1) is 50.4 Å². The van der Waals surface area contributed by atoms with Crippen LogP contribution in [0.2, 0.25) is 0 Å². The van der Waals surface area contributed by atoms with Gasteiger partial charge in [-0.2, -0.15) is 0 Å². The number of anilines is 3. The molecule has 0 saturated heterocycles. The summed E-state index contributed by atoms with van der Waals surface area (Å²) >= 11 is 0. The van der Waals surface area contributed by atoms with Crippen LogP contribution in [0.4, 0.5) is 17.1 Å². The monoisotopic (exact) mass is 699 g/mol. The quantitative estimate of drug-likeness (QED) is 0.102. The molecule has 0 radical (unpaired) electrons. The highest BCUT2D eigenvalue weighted by atomic mass is 16.4. The Kier molecular flexibility index (Phi) is 10.2. The Balaban J connectivity index is 1.84. The summed E-state index contributed by atoms with van der Waals surface area (Å²) < 4.78 is 0. The van der Waals surface area contributed by atoms with Gasteiger partial charge >= 0.3 is 35.8 Å². The fourth-order valence-electron chi connectivity index (χ4n) is 4.80. The van der Waals surface area contributed by atoms with Crippen LogP contribution < -0.4 is 16.0 Å². The molecular formula is C33H21N3O15. The van der Waals surface area contributed by atoms with Crippen molar-refractivity contribution in [2.24, 2.45) is 0 Å². The van der Waals surface area contributed by atoms with Crippen molar-refractivity contribution in [3.63, 3.8) is 0 Å². The van der Waals surface area contributed by atoms with Gasteiger partial charge in [0.2, 0.25) is 0 Å². The summed E-state index contributed by atoms with van der Waals surface area (Å²) in [7, 11) is 0. The summed E-state index contributed by atoms with van der Waals surface area (Å²) in [5.41, 5.74) is -7.64. The lowest BCUT2D eigenvalue weighted by Crippen LogP contribution is -2.22. The van der Waals surface area contributed by atoms with Gasteiger partial charge in [0.25, 0.3) is 17.7 Å². The maximum atomic E-state index is 13.5. The standard InChI is InChI=1S/C33H21N3O15/c37-25(34-19-7-1-4-16(28(40)41)22(19)31(46)47)13-10-14(26(38)35-20-8-2-5-17(29(42)43)23(20)32(48)49)12-15(11-13)27(39)36-21-9-3-6-18(30(44)45)24(21)33(50)51/h1-12H,(H,34,37)(H,35,38)(H,36,39)(H,40,41)(H,42,43)(H,44,45)(H,46,47)(H,48,49)(H,50,51). The third-order valence-electron chi connectivity index (χ3n) is 6.99. The van der Waals surface area contributed by atoms with E-state index in [-0.39, 0.29) is 0 Å². The SMILES string of the molecule is O=C(Nc1cccc(C(=O)O)c1C(=O)O)c1cc(C(=O)Nc2cccc(C(=O)O)c2C(=O)O)cc(C(=O)Nc2cccc(C(=O)O)c2C(=O)O)c1.